The van der Waals surface area contributed by atoms with Gasteiger partial charge in [-0.25, -0.2) is 32.7 Å². The first-order valence-electron chi connectivity index (χ1n) is 13.1. The number of hydrogen-bond acceptors (Lipinski definition) is 7. The van der Waals surface area contributed by atoms with Crippen LogP contribution in [0.15, 0.2) is 43.5 Å². The molecule has 0 radical (unpaired) electrons. The van der Waals surface area contributed by atoms with Gasteiger partial charge < -0.3 is 14.9 Å². The van der Waals surface area contributed by atoms with Crippen LogP contribution in [0, 0.1) is 11.6 Å². The van der Waals surface area contributed by atoms with Crippen LogP contribution >= 0.6 is 7.82 Å². The summed E-state index contributed by atoms with van der Waals surface area (Å²) in [6.45, 7) is 3.77. The molecule has 1 unspecified atom stereocenters. The van der Waals surface area contributed by atoms with E-state index in [9.17, 15) is 18.5 Å². The summed E-state index contributed by atoms with van der Waals surface area (Å²) in [6.07, 6.45) is 15.6. The number of halogens is 2. The van der Waals surface area contributed by atoms with Gasteiger partial charge in [-0.3, -0.25) is 4.52 Å². The molecule has 3 aromatic rings. The lowest BCUT2D eigenvalue weighted by Crippen LogP contribution is -2.37. The van der Waals surface area contributed by atoms with Crippen molar-refractivity contribution in [2.75, 3.05) is 0 Å². The van der Waals surface area contributed by atoms with Crippen LogP contribution in [0.4, 0.5) is 8.78 Å². The fraction of sp³-hybridized carbons (Fsp3) is 0.600. The van der Waals surface area contributed by atoms with Gasteiger partial charge in [0.15, 0.2) is 0 Å². The predicted molar refractivity (Wildman–Crippen MR) is 140 cm³/mol. The molecule has 11 nitrogen and oxygen atoms in total. The summed E-state index contributed by atoms with van der Waals surface area (Å²) in [5.74, 6) is -1.56. The number of rotatable bonds is 16. The Bertz CT molecular complexity index is 1080. The minimum absolute atomic E-state index is 0.0556. The highest BCUT2D eigenvalue weighted by atomic mass is 31.2. The van der Waals surface area contributed by atoms with Crippen molar-refractivity contribution in [3.8, 4) is 0 Å². The molecule has 3 N–H and O–H groups in total. The zero-order chi connectivity index (χ0) is 28.7. The van der Waals surface area contributed by atoms with Gasteiger partial charge >= 0.3 is 7.82 Å². The molecule has 0 saturated carbocycles. The second-order valence-corrected chi connectivity index (χ2v) is 10.7. The maximum Gasteiger partial charge on any atom is 0.469 e. The van der Waals surface area contributed by atoms with Crippen molar-refractivity contribution in [1.82, 2.24) is 29.5 Å². The average molecular weight is 573 g/mol. The Morgan fingerprint density at radius 3 is 1.95 bits per heavy atom. The molecule has 218 valence electrons. The normalized spacial score (nSPS) is 12.7. The lowest BCUT2D eigenvalue weighted by atomic mass is 9.93. The zero-order valence-corrected chi connectivity index (χ0v) is 23.3. The smallest absolute Gasteiger partial charge is 0.381 e. The summed E-state index contributed by atoms with van der Waals surface area (Å²) in [6, 6.07) is 3.02. The standard InChI is InChI=1S/C13H12F2N6O.C12H27O4P/c14-10-1-2-11(12(15)3-10)13(22,4-20-8-16-6-18-20)5-21-9-17-7-19-21;1-3-4-5-6-7-8-9-10-11-12(2)16-17(13,14)15/h1-3,6-9,22H,4-5H2;12H,3-11H2,1-2H3,(H2,13,14,15). The van der Waals surface area contributed by atoms with Gasteiger partial charge in [0.1, 0.15) is 42.5 Å². The third-order valence-corrected chi connectivity index (χ3v) is 6.63. The van der Waals surface area contributed by atoms with Crippen LogP contribution in [0.5, 0.6) is 0 Å². The summed E-state index contributed by atoms with van der Waals surface area (Å²) in [7, 11) is -4.30. The average Bonchev–Trinajstić information content (AvgIpc) is 3.54. The first kappa shape index (κ1) is 32.6. The number of aromatic nitrogens is 6. The lowest BCUT2D eigenvalue weighted by molar-refractivity contribution is -0.00856. The summed E-state index contributed by atoms with van der Waals surface area (Å²) < 4.78 is 45.1. The molecule has 0 aliphatic carbocycles. The van der Waals surface area contributed by atoms with Crippen molar-refractivity contribution in [3.63, 3.8) is 0 Å². The molecular formula is C25H39F2N6O5P. The third kappa shape index (κ3) is 12.9. The van der Waals surface area contributed by atoms with Crippen molar-refractivity contribution >= 4 is 7.82 Å². The van der Waals surface area contributed by atoms with Crippen molar-refractivity contribution in [1.29, 1.82) is 0 Å². The number of benzene rings is 1. The molecule has 0 spiro atoms. The first-order valence-corrected chi connectivity index (χ1v) is 14.6. The number of phosphoric acid groups is 1. The van der Waals surface area contributed by atoms with Crippen LogP contribution in [0.25, 0.3) is 0 Å². The van der Waals surface area contributed by atoms with Gasteiger partial charge in [-0.15, -0.1) is 0 Å². The van der Waals surface area contributed by atoms with Gasteiger partial charge in [0, 0.05) is 11.6 Å². The van der Waals surface area contributed by atoms with Gasteiger partial charge in [0.2, 0.25) is 0 Å². The number of hydrogen-bond donors (Lipinski definition) is 3. The van der Waals surface area contributed by atoms with E-state index >= 15 is 0 Å². The van der Waals surface area contributed by atoms with Crippen molar-refractivity contribution in [2.24, 2.45) is 0 Å². The van der Waals surface area contributed by atoms with Crippen molar-refractivity contribution < 1.29 is 32.8 Å². The van der Waals surface area contributed by atoms with Crippen LogP contribution in [-0.4, -0.2) is 50.5 Å². The molecule has 0 aliphatic rings. The SMILES string of the molecule is CCCCCCCCCCC(C)OP(=O)(O)O.OC(Cn1cncn1)(Cn1cncn1)c1ccc(F)cc1F. The van der Waals surface area contributed by atoms with Crippen molar-refractivity contribution in [3.05, 3.63) is 60.7 Å². The van der Waals surface area contributed by atoms with Crippen LogP contribution in [-0.2, 0) is 27.8 Å². The Balaban J connectivity index is 0.000000285. The molecule has 1 aromatic carbocycles. The minimum Gasteiger partial charge on any atom is -0.381 e. The quantitative estimate of drug-likeness (QED) is 0.163. The third-order valence-electron chi connectivity index (χ3n) is 5.99. The molecule has 3 rings (SSSR count). The van der Waals surface area contributed by atoms with Gasteiger partial charge in [-0.2, -0.15) is 10.2 Å². The van der Waals surface area contributed by atoms with E-state index in [4.69, 9.17) is 9.79 Å². The Morgan fingerprint density at radius 2 is 1.49 bits per heavy atom. The van der Waals surface area contributed by atoms with Gasteiger partial charge in [0.05, 0.1) is 19.2 Å². The molecular weight excluding hydrogens is 533 g/mol. The molecule has 0 amide bonds. The highest BCUT2D eigenvalue weighted by Crippen LogP contribution is 2.38. The molecule has 39 heavy (non-hydrogen) atoms. The van der Waals surface area contributed by atoms with Crippen LogP contribution in [0.2, 0.25) is 0 Å². The summed E-state index contributed by atoms with van der Waals surface area (Å²) in [5, 5.41) is 18.8. The monoisotopic (exact) mass is 572 g/mol. The summed E-state index contributed by atoms with van der Waals surface area (Å²) >= 11 is 0. The maximum absolute atomic E-state index is 14.1. The molecule has 2 heterocycles. The molecule has 2 aromatic heterocycles. The molecule has 0 aliphatic heterocycles. The fourth-order valence-corrected chi connectivity index (χ4v) is 4.68. The van der Waals surface area contributed by atoms with E-state index < -0.39 is 25.1 Å². The molecule has 14 heteroatoms. The molecule has 0 saturated heterocycles. The van der Waals surface area contributed by atoms with Gasteiger partial charge in [-0.1, -0.05) is 64.4 Å². The molecule has 0 fully saturated rings. The number of aliphatic hydroxyl groups is 1. The van der Waals surface area contributed by atoms with Gasteiger partial charge in [0.25, 0.3) is 0 Å². The number of phosphoric ester groups is 1. The van der Waals surface area contributed by atoms with E-state index in [-0.39, 0.29) is 24.8 Å². The van der Waals surface area contributed by atoms with E-state index in [1.54, 1.807) is 6.92 Å². The van der Waals surface area contributed by atoms with Crippen LogP contribution in [0.1, 0.15) is 77.2 Å². The Kier molecular flexibility index (Phi) is 13.8. The summed E-state index contributed by atoms with van der Waals surface area (Å²) in [4.78, 5) is 24.8. The maximum atomic E-state index is 14.1. The molecule has 1 atom stereocenters. The van der Waals surface area contributed by atoms with Crippen LogP contribution < -0.4 is 0 Å². The Hall–Kier alpha value is -2.57. The second kappa shape index (κ2) is 16.5. The second-order valence-electron chi connectivity index (χ2n) is 9.51. The van der Waals surface area contributed by atoms with E-state index in [0.29, 0.717) is 0 Å². The molecule has 0 bridgehead atoms. The van der Waals surface area contributed by atoms with Crippen molar-refractivity contribution in [2.45, 2.75) is 96.4 Å². The fourth-order valence-electron chi connectivity index (χ4n) is 4.10. The van der Waals surface area contributed by atoms with Crippen LogP contribution in [0.3, 0.4) is 0 Å². The largest absolute Gasteiger partial charge is 0.469 e. The van der Waals surface area contributed by atoms with E-state index in [1.807, 2.05) is 0 Å². The Morgan fingerprint density at radius 1 is 0.949 bits per heavy atom. The zero-order valence-electron chi connectivity index (χ0n) is 22.4. The predicted octanol–water partition coefficient (Wildman–Crippen LogP) is 4.75. The topological polar surface area (TPSA) is 148 Å². The van der Waals surface area contributed by atoms with Gasteiger partial charge in [-0.05, 0) is 19.4 Å². The highest BCUT2D eigenvalue weighted by Gasteiger charge is 2.34. The van der Waals surface area contributed by atoms with E-state index in [1.165, 1.54) is 79.3 Å². The van der Waals surface area contributed by atoms with E-state index in [2.05, 4.69) is 31.6 Å². The summed E-state index contributed by atoms with van der Waals surface area (Å²) in [5.41, 5.74) is -1.75. The highest BCUT2D eigenvalue weighted by molar-refractivity contribution is 7.46. The first-order chi connectivity index (χ1) is 18.5. The lowest BCUT2D eigenvalue weighted by Gasteiger charge is -2.28. The Labute approximate surface area is 227 Å². The number of unbranched alkanes of at least 4 members (excludes halogenated alkanes) is 7. The minimum atomic E-state index is -4.30. The van der Waals surface area contributed by atoms with E-state index in [0.717, 1.165) is 31.4 Å². The number of nitrogens with zero attached hydrogens (tertiary/aromatic N) is 6.